The molecule has 3 aromatic rings. The van der Waals surface area contributed by atoms with E-state index < -0.39 is 11.8 Å². The predicted molar refractivity (Wildman–Crippen MR) is 120 cm³/mol. The Balaban J connectivity index is 1.44. The van der Waals surface area contributed by atoms with E-state index in [1.165, 1.54) is 25.8 Å². The van der Waals surface area contributed by atoms with Crippen LogP contribution in [0.2, 0.25) is 0 Å². The fourth-order valence-corrected chi connectivity index (χ4v) is 4.91. The van der Waals surface area contributed by atoms with Gasteiger partial charge in [0.25, 0.3) is 0 Å². The van der Waals surface area contributed by atoms with Crippen molar-refractivity contribution in [3.8, 4) is 0 Å². The minimum Gasteiger partial charge on any atom is -0.341 e. The van der Waals surface area contributed by atoms with Crippen molar-refractivity contribution < 1.29 is 14.5 Å². The number of benzene rings is 2. The summed E-state index contributed by atoms with van der Waals surface area (Å²) in [4.78, 5) is 29.2. The van der Waals surface area contributed by atoms with E-state index in [1.54, 1.807) is 18.4 Å². The Labute approximate surface area is 180 Å². The van der Waals surface area contributed by atoms with E-state index in [9.17, 15) is 9.59 Å². The number of hydrogen-bond acceptors (Lipinski definition) is 3. The van der Waals surface area contributed by atoms with Crippen molar-refractivity contribution in [2.75, 3.05) is 25.0 Å². The minimum atomic E-state index is -0.570. The highest BCUT2D eigenvalue weighted by Gasteiger charge is 2.30. The maximum absolute atomic E-state index is 12.6. The van der Waals surface area contributed by atoms with Gasteiger partial charge in [-0.2, -0.15) is 0 Å². The smallest absolute Gasteiger partial charge is 0.316 e. The van der Waals surface area contributed by atoms with Crippen molar-refractivity contribution in [1.29, 1.82) is 0 Å². The molecule has 2 atom stereocenters. The van der Waals surface area contributed by atoms with Crippen molar-refractivity contribution in [3.05, 3.63) is 88.1 Å². The number of nitrogens with one attached hydrogen (secondary N) is 2. The molecule has 4 rings (SSSR count). The Kier molecular flexibility index (Phi) is 6.26. The average molecular weight is 421 g/mol. The van der Waals surface area contributed by atoms with Crippen LogP contribution in [0.4, 0.5) is 5.69 Å². The van der Waals surface area contributed by atoms with Crippen molar-refractivity contribution in [2.24, 2.45) is 0 Å². The number of carbonyl (C=O) groups is 2. The zero-order valence-electron chi connectivity index (χ0n) is 17.0. The van der Waals surface area contributed by atoms with Gasteiger partial charge in [-0.1, -0.05) is 48.5 Å². The van der Waals surface area contributed by atoms with Crippen LogP contribution in [0.5, 0.6) is 0 Å². The summed E-state index contributed by atoms with van der Waals surface area (Å²) in [5.74, 6) is -1.12. The number of hydrogen-bond donors (Lipinski definition) is 2. The summed E-state index contributed by atoms with van der Waals surface area (Å²) in [7, 11) is 1.63. The number of rotatable bonds is 5. The Morgan fingerprint density at radius 2 is 1.77 bits per heavy atom. The molecule has 1 aliphatic rings. The molecule has 5 nitrogen and oxygen atoms in total. The predicted octanol–water partition coefficient (Wildman–Crippen LogP) is 2.21. The summed E-state index contributed by atoms with van der Waals surface area (Å²) in [5, 5.41) is 4.96. The molecule has 1 unspecified atom stereocenters. The molecule has 0 fully saturated rings. The third-order valence-corrected chi connectivity index (χ3v) is 6.73. The highest BCUT2D eigenvalue weighted by atomic mass is 32.1. The van der Waals surface area contributed by atoms with Crippen molar-refractivity contribution in [3.63, 3.8) is 0 Å². The normalized spacial score (nSPS) is 16.4. The Morgan fingerprint density at radius 1 is 1.03 bits per heavy atom. The number of quaternary nitrogens is 1. The minimum absolute atomic E-state index is 0.122. The third kappa shape index (κ3) is 4.45. The molecule has 2 heterocycles. The molecule has 2 N–H and O–H groups in total. The van der Waals surface area contributed by atoms with E-state index in [1.807, 2.05) is 36.4 Å². The fourth-order valence-electron chi connectivity index (χ4n) is 4.03. The lowest BCUT2D eigenvalue weighted by Crippen LogP contribution is -3.12. The van der Waals surface area contributed by atoms with Gasteiger partial charge in [0.15, 0.2) is 0 Å². The number of amides is 2. The van der Waals surface area contributed by atoms with Crippen LogP contribution in [0.25, 0.3) is 0 Å². The monoisotopic (exact) mass is 420 g/mol. The van der Waals surface area contributed by atoms with Crippen LogP contribution in [0.15, 0.2) is 72.1 Å². The van der Waals surface area contributed by atoms with E-state index in [0.29, 0.717) is 12.2 Å². The van der Waals surface area contributed by atoms with Crippen LogP contribution >= 0.6 is 11.3 Å². The molecule has 0 saturated carbocycles. The van der Waals surface area contributed by atoms with Gasteiger partial charge in [0.05, 0.1) is 18.0 Å². The maximum Gasteiger partial charge on any atom is 0.316 e. The van der Waals surface area contributed by atoms with Crippen molar-refractivity contribution in [2.45, 2.75) is 19.0 Å². The number of nitrogens with zero attached hydrogens (tertiary/aromatic N) is 1. The maximum atomic E-state index is 12.6. The van der Waals surface area contributed by atoms with Gasteiger partial charge in [-0.15, -0.1) is 11.3 Å². The second-order valence-electron chi connectivity index (χ2n) is 7.58. The largest absolute Gasteiger partial charge is 0.341 e. The summed E-state index contributed by atoms with van der Waals surface area (Å²) in [6, 6.07) is 22.1. The molecular weight excluding hydrogens is 394 g/mol. The first-order chi connectivity index (χ1) is 14.6. The number of anilines is 1. The molecule has 2 amide bonds. The summed E-state index contributed by atoms with van der Waals surface area (Å²) in [5.41, 5.74) is 3.48. The fraction of sp³-hybridized carbons (Fsp3) is 0.250. The summed E-state index contributed by atoms with van der Waals surface area (Å²) in [6.07, 6.45) is 1.02. The zero-order chi connectivity index (χ0) is 20.9. The lowest BCUT2D eigenvalue weighted by atomic mass is 9.98. The quantitative estimate of drug-likeness (QED) is 0.622. The van der Waals surface area contributed by atoms with Gasteiger partial charge < -0.3 is 15.1 Å². The SMILES string of the molecule is CN(C(=O)C(=O)NC[C@H](c1cccs1)[NH+]1CCc2ccccc2C1)c1ccccc1. The lowest BCUT2D eigenvalue weighted by Gasteiger charge is -2.32. The van der Waals surface area contributed by atoms with Gasteiger partial charge in [0.2, 0.25) is 0 Å². The second kappa shape index (κ2) is 9.24. The van der Waals surface area contributed by atoms with Crippen LogP contribution in [0, 0.1) is 0 Å². The van der Waals surface area contributed by atoms with Crippen LogP contribution in [0.1, 0.15) is 22.0 Å². The first kappa shape index (κ1) is 20.3. The van der Waals surface area contributed by atoms with E-state index in [2.05, 4.69) is 41.0 Å². The standard InChI is InChI=1S/C24H25N3O2S/c1-26(20-10-3-2-4-11-20)24(29)23(28)25-16-21(22-12-7-15-30-22)27-14-13-18-8-5-6-9-19(18)17-27/h2-12,15,21H,13-14,16-17H2,1H3,(H,25,28)/p+1/t21-/m1/s1. The molecule has 1 aromatic heterocycles. The van der Waals surface area contributed by atoms with Crippen LogP contribution in [0.3, 0.4) is 0 Å². The van der Waals surface area contributed by atoms with Gasteiger partial charge in [0.1, 0.15) is 12.6 Å². The molecule has 30 heavy (non-hydrogen) atoms. The van der Waals surface area contributed by atoms with Crippen LogP contribution in [-0.2, 0) is 22.6 Å². The number of likely N-dealkylation sites (N-methyl/N-ethyl adjacent to an activating group) is 1. The Hall–Kier alpha value is -2.96. The Morgan fingerprint density at radius 3 is 2.50 bits per heavy atom. The van der Waals surface area contributed by atoms with E-state index in [-0.39, 0.29) is 6.04 Å². The summed E-state index contributed by atoms with van der Waals surface area (Å²) >= 11 is 1.70. The number of fused-ring (bicyclic) bond motifs is 1. The van der Waals surface area contributed by atoms with E-state index >= 15 is 0 Å². The summed E-state index contributed by atoms with van der Waals surface area (Å²) in [6.45, 7) is 2.37. The first-order valence-electron chi connectivity index (χ1n) is 10.2. The molecule has 154 valence electrons. The molecule has 1 aliphatic heterocycles. The van der Waals surface area contributed by atoms with Crippen molar-refractivity contribution in [1.82, 2.24) is 5.32 Å². The van der Waals surface area contributed by atoms with E-state index in [0.717, 1.165) is 19.5 Å². The molecule has 0 bridgehead atoms. The zero-order valence-corrected chi connectivity index (χ0v) is 17.8. The number of carbonyl (C=O) groups excluding carboxylic acids is 2. The van der Waals surface area contributed by atoms with Gasteiger partial charge in [-0.25, -0.2) is 0 Å². The molecule has 0 radical (unpaired) electrons. The van der Waals surface area contributed by atoms with Crippen molar-refractivity contribution >= 4 is 28.8 Å². The lowest BCUT2D eigenvalue weighted by molar-refractivity contribution is -0.945. The van der Waals surface area contributed by atoms with Gasteiger partial charge in [-0.05, 0) is 29.1 Å². The Bertz CT molecular complexity index is 1000. The molecule has 0 saturated heterocycles. The van der Waals surface area contributed by atoms with Gasteiger partial charge in [0, 0.05) is 24.7 Å². The molecule has 6 heteroatoms. The van der Waals surface area contributed by atoms with Gasteiger partial charge in [-0.3, -0.25) is 9.59 Å². The first-order valence-corrected chi connectivity index (χ1v) is 11.1. The topological polar surface area (TPSA) is 53.9 Å². The molecule has 2 aromatic carbocycles. The second-order valence-corrected chi connectivity index (χ2v) is 8.56. The van der Waals surface area contributed by atoms with Gasteiger partial charge >= 0.3 is 11.8 Å². The highest BCUT2D eigenvalue weighted by molar-refractivity contribution is 7.10. The van der Waals surface area contributed by atoms with Crippen LogP contribution in [-0.4, -0.2) is 32.0 Å². The molecule has 0 aliphatic carbocycles. The summed E-state index contributed by atoms with van der Waals surface area (Å²) < 4.78 is 0. The average Bonchev–Trinajstić information content (AvgIpc) is 3.33. The van der Waals surface area contributed by atoms with Crippen LogP contribution < -0.4 is 15.1 Å². The molecule has 0 spiro atoms. The third-order valence-electron chi connectivity index (χ3n) is 5.74. The molecular formula is C24H26N3O2S+. The highest BCUT2D eigenvalue weighted by Crippen LogP contribution is 2.19. The number of thiophene rings is 1. The number of para-hydroxylation sites is 1. The van der Waals surface area contributed by atoms with E-state index in [4.69, 9.17) is 0 Å².